The standard InChI is InChI=1S/C19H20FN5/c1-3-4-5-12-23-18(22)11-10-17(21)16-13-25(2)24-19(16)14-6-8-15(20)9-7-14/h3-13,21H,1-2H3,(H2,22,23)/b4-3+,11-10-,12-5+,21-17?. The highest BCUT2D eigenvalue weighted by Gasteiger charge is 2.13. The molecule has 0 spiro atoms. The first kappa shape index (κ1) is 18.1. The molecule has 0 aliphatic carbocycles. The summed E-state index contributed by atoms with van der Waals surface area (Å²) in [5.41, 5.74) is 2.17. The second-order valence-corrected chi connectivity index (χ2v) is 5.26. The molecule has 0 unspecified atom stereocenters. The minimum atomic E-state index is -0.318. The summed E-state index contributed by atoms with van der Waals surface area (Å²) in [6.45, 7) is 1.91. The van der Waals surface area contributed by atoms with E-state index in [9.17, 15) is 4.39 Å². The van der Waals surface area contributed by atoms with Crippen LogP contribution in [0.2, 0.25) is 0 Å². The number of benzene rings is 1. The van der Waals surface area contributed by atoms with Crippen molar-refractivity contribution in [1.29, 1.82) is 10.8 Å². The SMILES string of the molecule is C/C=C/C=C/NC(=N)/C=C\C(=N)c1cn(C)nc1-c1ccc(F)cc1. The Kier molecular flexibility index (Phi) is 6.17. The van der Waals surface area contributed by atoms with Crippen LogP contribution in [0.1, 0.15) is 12.5 Å². The van der Waals surface area contributed by atoms with E-state index in [1.807, 2.05) is 19.1 Å². The van der Waals surface area contributed by atoms with E-state index >= 15 is 0 Å². The third-order valence-corrected chi connectivity index (χ3v) is 3.29. The van der Waals surface area contributed by atoms with Gasteiger partial charge in [0.15, 0.2) is 0 Å². The van der Waals surface area contributed by atoms with Crippen molar-refractivity contribution in [3.05, 3.63) is 78.4 Å². The smallest absolute Gasteiger partial charge is 0.123 e. The van der Waals surface area contributed by atoms with E-state index in [0.29, 0.717) is 11.3 Å². The maximum Gasteiger partial charge on any atom is 0.123 e. The molecule has 6 heteroatoms. The molecule has 1 heterocycles. The van der Waals surface area contributed by atoms with Crippen LogP contribution in [0.4, 0.5) is 4.39 Å². The van der Waals surface area contributed by atoms with Gasteiger partial charge in [-0.05, 0) is 49.4 Å². The van der Waals surface area contributed by atoms with Crippen molar-refractivity contribution in [2.75, 3.05) is 0 Å². The lowest BCUT2D eigenvalue weighted by atomic mass is 10.0. The van der Waals surface area contributed by atoms with E-state index in [2.05, 4.69) is 10.4 Å². The van der Waals surface area contributed by atoms with Gasteiger partial charge in [-0.15, -0.1) is 0 Å². The Labute approximate surface area is 146 Å². The van der Waals surface area contributed by atoms with Gasteiger partial charge in [0.1, 0.15) is 17.3 Å². The van der Waals surface area contributed by atoms with Crippen LogP contribution in [0.5, 0.6) is 0 Å². The summed E-state index contributed by atoms with van der Waals surface area (Å²) in [6, 6.07) is 6.00. The molecule has 2 rings (SSSR count). The summed E-state index contributed by atoms with van der Waals surface area (Å²) in [5.74, 6) is -0.153. The van der Waals surface area contributed by atoms with Crippen molar-refractivity contribution in [3.8, 4) is 11.3 Å². The van der Waals surface area contributed by atoms with E-state index in [1.165, 1.54) is 24.3 Å². The number of amidine groups is 1. The zero-order valence-electron chi connectivity index (χ0n) is 14.1. The fourth-order valence-electron chi connectivity index (χ4n) is 2.12. The molecule has 0 radical (unpaired) electrons. The summed E-state index contributed by atoms with van der Waals surface area (Å²) in [7, 11) is 1.77. The number of rotatable bonds is 6. The second kappa shape index (κ2) is 8.54. The van der Waals surface area contributed by atoms with Crippen molar-refractivity contribution in [1.82, 2.24) is 15.1 Å². The number of halogens is 1. The van der Waals surface area contributed by atoms with Gasteiger partial charge in [0, 0.05) is 30.6 Å². The Balaban J connectivity index is 2.15. The van der Waals surface area contributed by atoms with Gasteiger partial charge < -0.3 is 10.7 Å². The summed E-state index contributed by atoms with van der Waals surface area (Å²) in [5, 5.41) is 23.2. The lowest BCUT2D eigenvalue weighted by Gasteiger charge is -2.02. The molecule has 0 bridgehead atoms. The van der Waals surface area contributed by atoms with E-state index < -0.39 is 0 Å². The largest absolute Gasteiger partial charge is 0.347 e. The minimum absolute atomic E-state index is 0.165. The normalized spacial score (nSPS) is 11.6. The number of nitrogens with one attached hydrogen (secondary N) is 3. The maximum atomic E-state index is 13.1. The maximum absolute atomic E-state index is 13.1. The topological polar surface area (TPSA) is 77.5 Å². The third kappa shape index (κ3) is 5.10. The summed E-state index contributed by atoms with van der Waals surface area (Å²) in [6.07, 6.45) is 11.9. The molecule has 1 aromatic heterocycles. The zero-order valence-corrected chi connectivity index (χ0v) is 14.1. The first-order valence-corrected chi connectivity index (χ1v) is 7.70. The molecule has 0 fully saturated rings. The number of nitrogens with zero attached hydrogens (tertiary/aromatic N) is 2. The Hall–Kier alpha value is -3.28. The van der Waals surface area contributed by atoms with Crippen LogP contribution < -0.4 is 5.32 Å². The molecule has 2 aromatic rings. The van der Waals surface area contributed by atoms with Gasteiger partial charge in [-0.3, -0.25) is 10.1 Å². The summed E-state index contributed by atoms with van der Waals surface area (Å²) in [4.78, 5) is 0. The Morgan fingerprint density at radius 1 is 1.16 bits per heavy atom. The van der Waals surface area contributed by atoms with Gasteiger partial charge in [-0.25, -0.2) is 4.39 Å². The van der Waals surface area contributed by atoms with Crippen molar-refractivity contribution < 1.29 is 4.39 Å². The first-order valence-electron chi connectivity index (χ1n) is 7.70. The second-order valence-electron chi connectivity index (χ2n) is 5.26. The molecule has 1 aromatic carbocycles. The van der Waals surface area contributed by atoms with Crippen LogP contribution in [0.25, 0.3) is 11.3 Å². The molecular formula is C19H20FN5. The molecule has 0 atom stereocenters. The van der Waals surface area contributed by atoms with Crippen molar-refractivity contribution >= 4 is 11.5 Å². The van der Waals surface area contributed by atoms with Crippen LogP contribution in [-0.2, 0) is 7.05 Å². The first-order chi connectivity index (χ1) is 12.0. The van der Waals surface area contributed by atoms with E-state index in [4.69, 9.17) is 10.8 Å². The Bertz CT molecular complexity index is 841. The monoisotopic (exact) mass is 337 g/mol. The fraction of sp³-hybridized carbons (Fsp3) is 0.105. The molecule has 0 aliphatic heterocycles. The molecule has 128 valence electrons. The van der Waals surface area contributed by atoms with Gasteiger partial charge >= 0.3 is 0 Å². The molecule has 0 amide bonds. The lowest BCUT2D eigenvalue weighted by molar-refractivity contribution is 0.628. The quantitative estimate of drug-likeness (QED) is 0.426. The van der Waals surface area contributed by atoms with Gasteiger partial charge in [0.2, 0.25) is 0 Å². The highest BCUT2D eigenvalue weighted by molar-refractivity contribution is 6.12. The van der Waals surface area contributed by atoms with Gasteiger partial charge in [-0.2, -0.15) is 5.10 Å². The minimum Gasteiger partial charge on any atom is -0.347 e. The van der Waals surface area contributed by atoms with Crippen molar-refractivity contribution in [2.45, 2.75) is 6.92 Å². The Morgan fingerprint density at radius 2 is 1.88 bits per heavy atom. The fourth-order valence-corrected chi connectivity index (χ4v) is 2.12. The van der Waals surface area contributed by atoms with Crippen molar-refractivity contribution in [2.24, 2.45) is 7.05 Å². The highest BCUT2D eigenvalue weighted by Crippen LogP contribution is 2.22. The highest BCUT2D eigenvalue weighted by atomic mass is 19.1. The lowest BCUT2D eigenvalue weighted by Crippen LogP contribution is -2.13. The number of hydrogen-bond acceptors (Lipinski definition) is 3. The predicted octanol–water partition coefficient (Wildman–Crippen LogP) is 3.81. The summed E-state index contributed by atoms with van der Waals surface area (Å²) < 4.78 is 14.7. The average molecular weight is 337 g/mol. The van der Waals surface area contributed by atoms with Gasteiger partial charge in [0.05, 0.1) is 5.71 Å². The van der Waals surface area contributed by atoms with Crippen LogP contribution in [0, 0.1) is 16.6 Å². The van der Waals surface area contributed by atoms with Crippen molar-refractivity contribution in [3.63, 3.8) is 0 Å². The van der Waals surface area contributed by atoms with E-state index in [0.717, 1.165) is 5.56 Å². The molecule has 0 aliphatic rings. The number of aryl methyl sites for hydroxylation is 1. The Morgan fingerprint density at radius 3 is 2.56 bits per heavy atom. The van der Waals surface area contributed by atoms with E-state index in [1.54, 1.807) is 42.3 Å². The predicted molar refractivity (Wildman–Crippen MR) is 99.4 cm³/mol. The molecule has 25 heavy (non-hydrogen) atoms. The number of allylic oxidation sites excluding steroid dienone is 4. The van der Waals surface area contributed by atoms with Gasteiger partial charge in [0.25, 0.3) is 0 Å². The van der Waals surface area contributed by atoms with E-state index in [-0.39, 0.29) is 17.4 Å². The van der Waals surface area contributed by atoms with Crippen LogP contribution in [-0.4, -0.2) is 21.3 Å². The number of hydrogen-bond donors (Lipinski definition) is 3. The average Bonchev–Trinajstić information content (AvgIpc) is 2.99. The molecule has 0 saturated carbocycles. The molecular weight excluding hydrogens is 317 g/mol. The third-order valence-electron chi connectivity index (χ3n) is 3.29. The summed E-state index contributed by atoms with van der Waals surface area (Å²) >= 11 is 0. The van der Waals surface area contributed by atoms with Crippen LogP contribution in [0.15, 0.2) is 67.0 Å². The molecule has 5 nitrogen and oxygen atoms in total. The zero-order chi connectivity index (χ0) is 18.2. The molecule has 0 saturated heterocycles. The van der Waals surface area contributed by atoms with Crippen LogP contribution >= 0.6 is 0 Å². The molecule has 3 N–H and O–H groups in total. The van der Waals surface area contributed by atoms with Gasteiger partial charge in [-0.1, -0.05) is 12.2 Å². The number of aromatic nitrogens is 2. The van der Waals surface area contributed by atoms with Crippen LogP contribution in [0.3, 0.4) is 0 Å².